The minimum Gasteiger partial charge on any atom is -0.465 e. The molecule has 0 saturated carbocycles. The highest BCUT2D eigenvalue weighted by molar-refractivity contribution is 7.19. The van der Waals surface area contributed by atoms with Crippen molar-refractivity contribution in [2.24, 2.45) is 0 Å². The molecule has 0 fully saturated rings. The van der Waals surface area contributed by atoms with Crippen LogP contribution in [-0.4, -0.2) is 31.7 Å². The Balaban J connectivity index is 1.64. The Kier molecular flexibility index (Phi) is 5.78. The molecule has 0 radical (unpaired) electrons. The fourth-order valence-electron chi connectivity index (χ4n) is 3.12. The smallest absolute Gasteiger partial charge is 0.341 e. The number of methoxy groups -OCH3 is 1. The molecule has 10 heteroatoms. The summed E-state index contributed by atoms with van der Waals surface area (Å²) in [7, 11) is 1.20. The summed E-state index contributed by atoms with van der Waals surface area (Å²) in [5, 5.41) is 5.27. The molecule has 8 nitrogen and oxygen atoms in total. The monoisotopic (exact) mass is 456 g/mol. The molecule has 4 rings (SSSR count). The van der Waals surface area contributed by atoms with Crippen LogP contribution < -0.4 is 20.1 Å². The molecule has 2 heterocycles. The van der Waals surface area contributed by atoms with Crippen LogP contribution in [0.25, 0.3) is 0 Å². The zero-order valence-corrected chi connectivity index (χ0v) is 17.8. The molecule has 0 saturated heterocycles. The quantitative estimate of drug-likeness (QED) is 0.558. The van der Waals surface area contributed by atoms with Gasteiger partial charge in [0.25, 0.3) is 11.8 Å². The van der Waals surface area contributed by atoms with E-state index in [4.69, 9.17) is 14.2 Å². The third-order valence-electron chi connectivity index (χ3n) is 4.73. The first-order chi connectivity index (χ1) is 15.4. The number of hydrogen-bond acceptors (Lipinski definition) is 7. The molecule has 1 aliphatic rings. The van der Waals surface area contributed by atoms with E-state index >= 15 is 0 Å². The summed E-state index contributed by atoms with van der Waals surface area (Å²) in [6.45, 7) is 1.62. The normalized spacial score (nSPS) is 11.7. The van der Waals surface area contributed by atoms with Gasteiger partial charge < -0.3 is 24.8 Å². The fourth-order valence-corrected chi connectivity index (χ4v) is 4.21. The van der Waals surface area contributed by atoms with Crippen LogP contribution in [0.5, 0.6) is 11.5 Å². The maximum atomic E-state index is 13.9. The van der Waals surface area contributed by atoms with E-state index in [2.05, 4.69) is 10.6 Å². The van der Waals surface area contributed by atoms with E-state index in [9.17, 15) is 18.8 Å². The third-order valence-corrected chi connectivity index (χ3v) is 5.93. The molecular formula is C22H17FN2O6S. The van der Waals surface area contributed by atoms with Crippen LogP contribution in [0.15, 0.2) is 42.5 Å². The molecule has 1 aliphatic heterocycles. The van der Waals surface area contributed by atoms with Gasteiger partial charge in [0.1, 0.15) is 10.8 Å². The van der Waals surface area contributed by atoms with Crippen molar-refractivity contribution in [3.05, 3.63) is 69.8 Å². The van der Waals surface area contributed by atoms with Crippen molar-refractivity contribution in [2.75, 3.05) is 24.5 Å². The molecule has 0 aliphatic carbocycles. The molecule has 2 N–H and O–H groups in total. The van der Waals surface area contributed by atoms with Gasteiger partial charge in [-0.3, -0.25) is 9.59 Å². The average molecular weight is 456 g/mol. The second kappa shape index (κ2) is 8.67. The lowest BCUT2D eigenvalue weighted by Gasteiger charge is -2.07. The number of halogens is 1. The molecule has 1 aromatic heterocycles. The number of ether oxygens (including phenoxy) is 3. The number of rotatable bonds is 5. The second-order valence-electron chi connectivity index (χ2n) is 6.71. The number of carbonyl (C=O) groups excluding carboxylic acids is 3. The molecule has 0 bridgehead atoms. The number of nitrogens with one attached hydrogen (secondary N) is 2. The highest BCUT2D eigenvalue weighted by atomic mass is 32.1. The summed E-state index contributed by atoms with van der Waals surface area (Å²) in [4.78, 5) is 38.1. The van der Waals surface area contributed by atoms with Crippen molar-refractivity contribution in [1.29, 1.82) is 0 Å². The Morgan fingerprint density at radius 2 is 1.78 bits per heavy atom. The van der Waals surface area contributed by atoms with Gasteiger partial charge >= 0.3 is 5.97 Å². The first-order valence-corrected chi connectivity index (χ1v) is 10.2. The summed E-state index contributed by atoms with van der Waals surface area (Å²) in [6, 6.07) is 10.4. The van der Waals surface area contributed by atoms with Crippen LogP contribution in [0, 0.1) is 12.7 Å². The predicted octanol–water partition coefficient (Wildman–Crippen LogP) is 4.22. The largest absolute Gasteiger partial charge is 0.465 e. The van der Waals surface area contributed by atoms with Crippen molar-refractivity contribution in [2.45, 2.75) is 6.92 Å². The third kappa shape index (κ3) is 4.00. The average Bonchev–Trinajstić information content (AvgIpc) is 3.38. The van der Waals surface area contributed by atoms with Crippen molar-refractivity contribution >= 4 is 39.8 Å². The zero-order valence-electron chi connectivity index (χ0n) is 17.0. The van der Waals surface area contributed by atoms with Gasteiger partial charge in [0.2, 0.25) is 6.79 Å². The van der Waals surface area contributed by atoms with Gasteiger partial charge in [-0.05, 0) is 42.8 Å². The van der Waals surface area contributed by atoms with Crippen LogP contribution in [0.1, 0.15) is 36.0 Å². The lowest BCUT2D eigenvalue weighted by atomic mass is 10.1. The van der Waals surface area contributed by atoms with Crippen molar-refractivity contribution in [3.8, 4) is 11.5 Å². The van der Waals surface area contributed by atoms with E-state index in [0.29, 0.717) is 17.1 Å². The number of benzene rings is 2. The summed E-state index contributed by atoms with van der Waals surface area (Å²) < 4.78 is 29.3. The summed E-state index contributed by atoms with van der Waals surface area (Å²) in [5.41, 5.74) is 0.617. The van der Waals surface area contributed by atoms with Crippen LogP contribution >= 0.6 is 11.3 Å². The van der Waals surface area contributed by atoms with Crippen molar-refractivity contribution in [1.82, 2.24) is 0 Å². The summed E-state index contributed by atoms with van der Waals surface area (Å²) >= 11 is 0.888. The number of hydrogen-bond donors (Lipinski definition) is 2. The molecule has 2 aromatic carbocycles. The van der Waals surface area contributed by atoms with E-state index in [1.54, 1.807) is 25.1 Å². The lowest BCUT2D eigenvalue weighted by molar-refractivity contribution is 0.0601. The predicted molar refractivity (Wildman–Crippen MR) is 115 cm³/mol. The van der Waals surface area contributed by atoms with E-state index in [-0.39, 0.29) is 33.5 Å². The fraction of sp³-hybridized carbons (Fsp3) is 0.136. The molecular weight excluding hydrogens is 439 g/mol. The van der Waals surface area contributed by atoms with E-state index in [1.165, 1.54) is 31.4 Å². The van der Waals surface area contributed by atoms with Crippen LogP contribution in [0.3, 0.4) is 0 Å². The van der Waals surface area contributed by atoms with E-state index in [1.807, 2.05) is 0 Å². The molecule has 0 unspecified atom stereocenters. The molecule has 32 heavy (non-hydrogen) atoms. The first-order valence-electron chi connectivity index (χ1n) is 9.37. The maximum absolute atomic E-state index is 13.9. The van der Waals surface area contributed by atoms with Crippen molar-refractivity contribution < 1.29 is 33.0 Å². The number of esters is 1. The van der Waals surface area contributed by atoms with Crippen LogP contribution in [0.4, 0.5) is 15.1 Å². The Labute approximate surface area is 185 Å². The minimum absolute atomic E-state index is 0.00383. The molecule has 0 spiro atoms. The van der Waals surface area contributed by atoms with Crippen molar-refractivity contribution in [3.63, 3.8) is 0 Å². The first kappa shape index (κ1) is 21.3. The van der Waals surface area contributed by atoms with Gasteiger partial charge in [-0.1, -0.05) is 12.1 Å². The number of amides is 2. The Morgan fingerprint density at radius 3 is 2.53 bits per heavy atom. The van der Waals surface area contributed by atoms with Gasteiger partial charge in [0.15, 0.2) is 11.5 Å². The minimum atomic E-state index is -0.718. The standard InChI is InChI=1S/C22H17FN2O6S/c1-11-17(22(28)29-2)21(25-19(26)12-7-8-15-16(9-12)31-10-30-15)32-18(11)20(27)24-14-6-4-3-5-13(14)23/h3-9H,10H2,1-2H3,(H,24,27)(H,25,26). The number of para-hydroxylation sites is 1. The van der Waals surface area contributed by atoms with E-state index < -0.39 is 23.6 Å². The van der Waals surface area contributed by atoms with Gasteiger partial charge in [0.05, 0.1) is 23.2 Å². The highest BCUT2D eigenvalue weighted by Gasteiger charge is 2.27. The van der Waals surface area contributed by atoms with E-state index in [0.717, 1.165) is 11.3 Å². The zero-order chi connectivity index (χ0) is 22.8. The SMILES string of the molecule is COC(=O)c1c(NC(=O)c2ccc3c(c2)OCO3)sc(C(=O)Nc2ccccc2F)c1C. The molecule has 0 atom stereocenters. The summed E-state index contributed by atoms with van der Waals surface area (Å²) in [5.74, 6) is -1.50. The van der Waals surface area contributed by atoms with Crippen LogP contribution in [-0.2, 0) is 4.74 Å². The van der Waals surface area contributed by atoms with Gasteiger partial charge in [-0.25, -0.2) is 9.18 Å². The van der Waals surface area contributed by atoms with Gasteiger partial charge in [0, 0.05) is 5.56 Å². The Bertz CT molecular complexity index is 1240. The topological polar surface area (TPSA) is 103 Å². The Morgan fingerprint density at radius 1 is 1.03 bits per heavy atom. The molecule has 164 valence electrons. The number of carbonyl (C=O) groups is 3. The Hall–Kier alpha value is -3.92. The number of anilines is 2. The highest BCUT2D eigenvalue weighted by Crippen LogP contribution is 2.36. The van der Waals surface area contributed by atoms with Gasteiger partial charge in [-0.2, -0.15) is 0 Å². The number of thiophene rings is 1. The number of fused-ring (bicyclic) bond motifs is 1. The second-order valence-corrected chi connectivity index (χ2v) is 7.73. The summed E-state index contributed by atoms with van der Waals surface area (Å²) in [6.07, 6.45) is 0. The molecule has 2 amide bonds. The van der Waals surface area contributed by atoms with Gasteiger partial charge in [-0.15, -0.1) is 11.3 Å². The maximum Gasteiger partial charge on any atom is 0.341 e. The lowest BCUT2D eigenvalue weighted by Crippen LogP contribution is -2.14. The molecule has 3 aromatic rings. The van der Waals surface area contributed by atoms with Crippen LogP contribution in [0.2, 0.25) is 0 Å².